The second-order valence-corrected chi connectivity index (χ2v) is 18.9. The van der Waals surface area contributed by atoms with Gasteiger partial charge in [-0.3, -0.25) is 14.4 Å². The van der Waals surface area contributed by atoms with Crippen molar-refractivity contribution >= 4 is 17.9 Å². The van der Waals surface area contributed by atoms with Crippen molar-refractivity contribution in [3.63, 3.8) is 0 Å². The van der Waals surface area contributed by atoms with Crippen LogP contribution in [0.2, 0.25) is 0 Å². The molecule has 0 aliphatic carbocycles. The van der Waals surface area contributed by atoms with E-state index in [4.69, 9.17) is 14.2 Å². The molecule has 0 aromatic rings. The van der Waals surface area contributed by atoms with Crippen LogP contribution in [-0.2, 0) is 28.6 Å². The van der Waals surface area contributed by atoms with E-state index in [9.17, 15) is 14.4 Å². The van der Waals surface area contributed by atoms with Gasteiger partial charge in [-0.2, -0.15) is 0 Å². The fourth-order valence-corrected chi connectivity index (χ4v) is 8.32. The lowest BCUT2D eigenvalue weighted by Crippen LogP contribution is -2.30. The van der Waals surface area contributed by atoms with Crippen LogP contribution in [0.15, 0.2) is 12.2 Å². The van der Waals surface area contributed by atoms with Gasteiger partial charge in [-0.25, -0.2) is 0 Å². The maximum absolute atomic E-state index is 12.8. The van der Waals surface area contributed by atoms with E-state index in [1.54, 1.807) is 0 Å². The molecule has 0 heterocycles. The van der Waals surface area contributed by atoms with Gasteiger partial charge in [0.1, 0.15) is 13.2 Å². The van der Waals surface area contributed by atoms with Crippen molar-refractivity contribution in [2.24, 2.45) is 0 Å². The molecule has 0 fully saturated rings. The third kappa shape index (κ3) is 49.2. The molecule has 0 bridgehead atoms. The monoisotopic (exact) mass is 875 g/mol. The molecule has 0 aliphatic heterocycles. The maximum Gasteiger partial charge on any atom is 0.306 e. The van der Waals surface area contributed by atoms with Gasteiger partial charge >= 0.3 is 17.9 Å². The van der Waals surface area contributed by atoms with Crippen LogP contribution in [0.5, 0.6) is 0 Å². The molecule has 0 amide bonds. The van der Waals surface area contributed by atoms with Gasteiger partial charge < -0.3 is 14.2 Å². The Morgan fingerprint density at radius 3 is 0.806 bits per heavy atom. The Kier molecular flexibility index (Phi) is 50.2. The maximum atomic E-state index is 12.8. The Morgan fingerprint density at radius 1 is 0.306 bits per heavy atom. The van der Waals surface area contributed by atoms with Crippen LogP contribution in [0, 0.1) is 0 Å². The fourth-order valence-electron chi connectivity index (χ4n) is 8.32. The number of rotatable bonds is 51. The molecule has 0 saturated carbocycles. The first kappa shape index (κ1) is 60.2. The SMILES string of the molecule is CCCCCCCCCC/C=C\CCCCCCCCCCCC(=O)OCC(COC(=O)CCCCCCCCC)OC(=O)CCCCCCCCCCCCCCCCCC. The van der Waals surface area contributed by atoms with E-state index >= 15 is 0 Å². The van der Waals surface area contributed by atoms with E-state index in [-0.39, 0.29) is 31.1 Å². The van der Waals surface area contributed by atoms with Gasteiger partial charge in [-0.05, 0) is 44.9 Å². The highest BCUT2D eigenvalue weighted by Gasteiger charge is 2.19. The minimum absolute atomic E-state index is 0.0661. The van der Waals surface area contributed by atoms with Crippen molar-refractivity contribution < 1.29 is 28.6 Å². The Labute approximate surface area is 386 Å². The first-order valence-electron chi connectivity index (χ1n) is 27.7. The summed E-state index contributed by atoms with van der Waals surface area (Å²) < 4.78 is 16.8. The van der Waals surface area contributed by atoms with Crippen molar-refractivity contribution in [3.8, 4) is 0 Å². The van der Waals surface area contributed by atoms with Crippen molar-refractivity contribution in [2.45, 2.75) is 316 Å². The molecule has 0 aromatic carbocycles. The molecule has 0 radical (unpaired) electrons. The standard InChI is InChI=1S/C56H106O6/c1-4-7-10-13-16-18-20-22-24-26-27-28-29-30-32-33-35-37-40-43-46-49-55(58)61-52-53(51-60-54(57)48-45-42-39-15-12-9-6-3)62-56(59)50-47-44-41-38-36-34-31-25-23-21-19-17-14-11-8-5-2/h26-27,53H,4-25,28-52H2,1-3H3/b27-26-. The molecule has 0 aromatic heterocycles. The average molecular weight is 875 g/mol. The normalized spacial score (nSPS) is 12.0. The van der Waals surface area contributed by atoms with Crippen LogP contribution in [-0.4, -0.2) is 37.2 Å². The number of hydrogen-bond donors (Lipinski definition) is 0. The van der Waals surface area contributed by atoms with Crippen LogP contribution in [0.1, 0.15) is 310 Å². The first-order chi connectivity index (χ1) is 30.5. The van der Waals surface area contributed by atoms with E-state index in [0.717, 1.165) is 57.8 Å². The Balaban J connectivity index is 4.15. The van der Waals surface area contributed by atoms with E-state index < -0.39 is 6.10 Å². The number of unbranched alkanes of at least 4 members (excludes halogenated alkanes) is 38. The van der Waals surface area contributed by atoms with Crippen LogP contribution in [0.3, 0.4) is 0 Å². The van der Waals surface area contributed by atoms with Gasteiger partial charge in [0.15, 0.2) is 6.10 Å². The summed E-state index contributed by atoms with van der Waals surface area (Å²) in [6, 6.07) is 0. The van der Waals surface area contributed by atoms with Crippen LogP contribution in [0.4, 0.5) is 0 Å². The third-order valence-electron chi connectivity index (χ3n) is 12.5. The molecule has 0 rings (SSSR count). The topological polar surface area (TPSA) is 78.9 Å². The zero-order valence-electron chi connectivity index (χ0n) is 41.9. The van der Waals surface area contributed by atoms with Crippen molar-refractivity contribution in [1.29, 1.82) is 0 Å². The third-order valence-corrected chi connectivity index (χ3v) is 12.5. The molecule has 0 N–H and O–H groups in total. The number of carbonyl (C=O) groups is 3. The van der Waals surface area contributed by atoms with Gasteiger partial charge in [-0.1, -0.05) is 258 Å². The van der Waals surface area contributed by atoms with Crippen molar-refractivity contribution in [2.75, 3.05) is 13.2 Å². The lowest BCUT2D eigenvalue weighted by atomic mass is 10.0. The predicted octanol–water partition coefficient (Wildman–Crippen LogP) is 18.2. The van der Waals surface area contributed by atoms with Crippen LogP contribution >= 0.6 is 0 Å². The highest BCUT2D eigenvalue weighted by molar-refractivity contribution is 5.71. The van der Waals surface area contributed by atoms with Gasteiger partial charge in [0, 0.05) is 19.3 Å². The van der Waals surface area contributed by atoms with Crippen molar-refractivity contribution in [1.82, 2.24) is 0 Å². The summed E-state index contributed by atoms with van der Waals surface area (Å²) in [6.07, 6.45) is 57.9. The fraction of sp³-hybridized carbons (Fsp3) is 0.911. The Hall–Kier alpha value is -1.85. The van der Waals surface area contributed by atoms with Crippen LogP contribution in [0.25, 0.3) is 0 Å². The molecule has 0 saturated heterocycles. The summed E-state index contributed by atoms with van der Waals surface area (Å²) in [7, 11) is 0. The first-order valence-corrected chi connectivity index (χ1v) is 27.7. The highest BCUT2D eigenvalue weighted by atomic mass is 16.6. The zero-order chi connectivity index (χ0) is 45.1. The minimum atomic E-state index is -0.763. The molecule has 0 spiro atoms. The number of ether oxygens (including phenoxy) is 3. The molecule has 366 valence electrons. The molecular weight excluding hydrogens is 769 g/mol. The van der Waals surface area contributed by atoms with Gasteiger partial charge in [0.25, 0.3) is 0 Å². The Morgan fingerprint density at radius 2 is 0.532 bits per heavy atom. The van der Waals surface area contributed by atoms with Gasteiger partial charge in [-0.15, -0.1) is 0 Å². The number of esters is 3. The quantitative estimate of drug-likeness (QED) is 0.0262. The second kappa shape index (κ2) is 51.8. The highest BCUT2D eigenvalue weighted by Crippen LogP contribution is 2.17. The zero-order valence-corrected chi connectivity index (χ0v) is 41.9. The largest absolute Gasteiger partial charge is 0.462 e. The second-order valence-electron chi connectivity index (χ2n) is 18.9. The molecule has 62 heavy (non-hydrogen) atoms. The average Bonchev–Trinajstić information content (AvgIpc) is 3.27. The lowest BCUT2D eigenvalue weighted by Gasteiger charge is -2.18. The number of hydrogen-bond acceptors (Lipinski definition) is 6. The summed E-state index contributed by atoms with van der Waals surface area (Å²) in [5.74, 6) is -0.855. The summed E-state index contributed by atoms with van der Waals surface area (Å²) in [5.41, 5.74) is 0. The number of allylic oxidation sites excluding steroid dienone is 2. The minimum Gasteiger partial charge on any atom is -0.462 e. The summed E-state index contributed by atoms with van der Waals surface area (Å²) in [5, 5.41) is 0. The molecule has 6 nitrogen and oxygen atoms in total. The number of carbonyl (C=O) groups excluding carboxylic acids is 3. The van der Waals surface area contributed by atoms with Crippen molar-refractivity contribution in [3.05, 3.63) is 12.2 Å². The molecule has 1 unspecified atom stereocenters. The van der Waals surface area contributed by atoms with E-state index in [1.165, 1.54) is 212 Å². The molecule has 6 heteroatoms. The smallest absolute Gasteiger partial charge is 0.306 e. The van der Waals surface area contributed by atoms with E-state index in [1.807, 2.05) is 0 Å². The summed E-state index contributed by atoms with van der Waals surface area (Å²) in [6.45, 7) is 6.64. The van der Waals surface area contributed by atoms with Gasteiger partial charge in [0.2, 0.25) is 0 Å². The predicted molar refractivity (Wildman–Crippen MR) is 266 cm³/mol. The molecule has 0 aliphatic rings. The summed E-state index contributed by atoms with van der Waals surface area (Å²) >= 11 is 0. The van der Waals surface area contributed by atoms with Gasteiger partial charge in [0.05, 0.1) is 0 Å². The lowest BCUT2D eigenvalue weighted by molar-refractivity contribution is -0.167. The van der Waals surface area contributed by atoms with E-state index in [2.05, 4.69) is 32.9 Å². The molecule has 1 atom stereocenters. The molecular formula is C56H106O6. The summed E-state index contributed by atoms with van der Waals surface area (Å²) in [4.78, 5) is 37.9. The van der Waals surface area contributed by atoms with E-state index in [0.29, 0.717) is 19.3 Å². The van der Waals surface area contributed by atoms with Crippen LogP contribution < -0.4 is 0 Å². The Bertz CT molecular complexity index is 962.